The molecule has 0 bridgehead atoms. The van der Waals surface area contributed by atoms with Crippen molar-refractivity contribution in [3.63, 3.8) is 0 Å². The summed E-state index contributed by atoms with van der Waals surface area (Å²) in [6, 6.07) is 0. The Morgan fingerprint density at radius 1 is 1.57 bits per heavy atom. The predicted octanol–water partition coefficient (Wildman–Crippen LogP) is 3.62. The zero-order valence-electron chi connectivity index (χ0n) is 3.25. The molecule has 0 aromatic carbocycles. The van der Waals surface area contributed by atoms with Gasteiger partial charge in [-0.25, -0.2) is 0 Å². The van der Waals surface area contributed by atoms with Crippen LogP contribution in [0.1, 0.15) is 0 Å². The standard InChI is InChI=1S/C3H2BrI2S/c4-3(6)2(5)1-7/h1H2. The Labute approximate surface area is 84.3 Å². The van der Waals surface area contributed by atoms with Gasteiger partial charge >= 0.3 is 0 Å². The van der Waals surface area contributed by atoms with Crippen molar-refractivity contribution >= 4 is 73.7 Å². The van der Waals surface area contributed by atoms with Crippen LogP contribution in [0.3, 0.4) is 0 Å². The molecule has 0 aromatic rings. The van der Waals surface area contributed by atoms with E-state index < -0.39 is 0 Å². The summed E-state index contributed by atoms with van der Waals surface area (Å²) in [6.45, 7) is 0. The SMILES string of the molecule is [S]CC(I)=C(Br)I. The maximum absolute atomic E-state index is 4.75. The van der Waals surface area contributed by atoms with Gasteiger partial charge in [-0.2, -0.15) is 0 Å². The van der Waals surface area contributed by atoms with Crippen LogP contribution in [0.5, 0.6) is 0 Å². The number of hydrogen-bond donors (Lipinski definition) is 0. The highest BCUT2D eigenvalue weighted by molar-refractivity contribution is 14.1. The molecule has 7 heavy (non-hydrogen) atoms. The molecule has 0 fully saturated rings. The van der Waals surface area contributed by atoms with Gasteiger partial charge in [0.15, 0.2) is 0 Å². The predicted molar refractivity (Wildman–Crippen MR) is 56.5 cm³/mol. The highest BCUT2D eigenvalue weighted by Gasteiger charge is 1.90. The summed E-state index contributed by atoms with van der Waals surface area (Å²) in [5.41, 5.74) is 0. The molecule has 0 aliphatic heterocycles. The molecule has 0 aromatic heterocycles. The van der Waals surface area contributed by atoms with E-state index in [1.54, 1.807) is 0 Å². The third-order valence-electron chi connectivity index (χ3n) is 0.332. The van der Waals surface area contributed by atoms with E-state index in [1.807, 2.05) is 0 Å². The molecule has 0 rings (SSSR count). The quantitative estimate of drug-likeness (QED) is 0.587. The van der Waals surface area contributed by atoms with Gasteiger partial charge < -0.3 is 0 Å². The topological polar surface area (TPSA) is 0 Å². The molecule has 0 saturated carbocycles. The molecule has 0 aliphatic rings. The lowest BCUT2D eigenvalue weighted by Gasteiger charge is -1.87. The van der Waals surface area contributed by atoms with Crippen LogP contribution in [0.25, 0.3) is 0 Å². The average molecular weight is 404 g/mol. The highest BCUT2D eigenvalue weighted by atomic mass is 127. The molecule has 4 heteroatoms. The van der Waals surface area contributed by atoms with E-state index in [4.69, 9.17) is 12.6 Å². The molecular formula is C3H2BrI2S. The van der Waals surface area contributed by atoms with Crippen molar-refractivity contribution in [2.24, 2.45) is 0 Å². The molecule has 0 heterocycles. The van der Waals surface area contributed by atoms with Crippen molar-refractivity contribution in [3.05, 3.63) is 6.07 Å². The van der Waals surface area contributed by atoms with Crippen molar-refractivity contribution in [1.82, 2.24) is 0 Å². The third-order valence-corrected chi connectivity index (χ3v) is 4.96. The van der Waals surface area contributed by atoms with Gasteiger partial charge in [0.1, 0.15) is 0 Å². The Morgan fingerprint density at radius 2 is 2.00 bits per heavy atom. The molecule has 0 amide bonds. The summed E-state index contributed by atoms with van der Waals surface area (Å²) in [5.74, 6) is 0.712. The molecule has 0 atom stereocenters. The minimum atomic E-state index is 0.712. The molecule has 1 radical (unpaired) electrons. The molecule has 0 nitrogen and oxygen atoms in total. The van der Waals surface area contributed by atoms with Crippen LogP contribution in [-0.4, -0.2) is 5.75 Å². The van der Waals surface area contributed by atoms with Crippen LogP contribution >= 0.6 is 73.7 Å². The fraction of sp³-hybridized carbons (Fsp3) is 0.333. The Balaban J connectivity index is 3.72. The molecule has 0 spiro atoms. The van der Waals surface area contributed by atoms with Gasteiger partial charge in [-0.05, 0) is 61.1 Å². The lowest BCUT2D eigenvalue weighted by molar-refractivity contribution is 1.81. The normalized spacial score (nSPS) is 13.7. The lowest BCUT2D eigenvalue weighted by Crippen LogP contribution is -1.67. The minimum absolute atomic E-state index is 0.712. The Kier molecular flexibility index (Phi) is 6.28. The van der Waals surface area contributed by atoms with Crippen molar-refractivity contribution in [3.8, 4) is 0 Å². The van der Waals surface area contributed by atoms with Gasteiger partial charge in [-0.1, -0.05) is 12.6 Å². The first kappa shape index (κ1) is 9.03. The van der Waals surface area contributed by atoms with Crippen LogP contribution in [0, 0.1) is 0 Å². The van der Waals surface area contributed by atoms with Crippen molar-refractivity contribution < 1.29 is 0 Å². The monoisotopic (exact) mass is 403 g/mol. The smallest absolute Gasteiger partial charge is 0.0660 e. The molecule has 0 N–H and O–H groups in total. The minimum Gasteiger partial charge on any atom is -0.0884 e. The van der Waals surface area contributed by atoms with Crippen LogP contribution in [0.2, 0.25) is 0 Å². The largest absolute Gasteiger partial charge is 0.0884 e. The third kappa shape index (κ3) is 4.53. The first-order valence-electron chi connectivity index (χ1n) is 1.46. The molecule has 41 valence electrons. The Bertz CT molecular complexity index is 86.9. The van der Waals surface area contributed by atoms with Crippen LogP contribution in [0.4, 0.5) is 0 Å². The van der Waals surface area contributed by atoms with Gasteiger partial charge in [0, 0.05) is 9.33 Å². The Hall–Kier alpha value is 2.03. The van der Waals surface area contributed by atoms with E-state index in [0.29, 0.717) is 5.75 Å². The average Bonchev–Trinajstić information content (AvgIpc) is 1.65. The molecule has 0 unspecified atom stereocenters. The fourth-order valence-electron chi connectivity index (χ4n) is 0.0546. The van der Waals surface area contributed by atoms with Gasteiger partial charge in [0.2, 0.25) is 0 Å². The summed E-state index contributed by atoms with van der Waals surface area (Å²) in [4.78, 5) is 0. The van der Waals surface area contributed by atoms with E-state index in [-0.39, 0.29) is 0 Å². The second-order valence-corrected chi connectivity index (χ2v) is 5.75. The Morgan fingerprint density at radius 3 is 2.00 bits per heavy atom. The van der Waals surface area contributed by atoms with Crippen molar-refractivity contribution in [2.45, 2.75) is 0 Å². The zero-order valence-corrected chi connectivity index (χ0v) is 9.97. The lowest BCUT2D eigenvalue weighted by atomic mass is 10.8. The van der Waals surface area contributed by atoms with Crippen molar-refractivity contribution in [1.29, 1.82) is 0 Å². The highest BCUT2D eigenvalue weighted by Crippen LogP contribution is 2.24. The first-order chi connectivity index (χ1) is 3.18. The maximum Gasteiger partial charge on any atom is 0.0660 e. The van der Waals surface area contributed by atoms with E-state index in [0.717, 1.165) is 2.49 Å². The van der Waals surface area contributed by atoms with Gasteiger partial charge in [-0.15, -0.1) is 0 Å². The van der Waals surface area contributed by atoms with Gasteiger partial charge in [0.25, 0.3) is 0 Å². The molecule has 0 aliphatic carbocycles. The number of halogens is 3. The summed E-state index contributed by atoms with van der Waals surface area (Å²) in [6.07, 6.45) is 0. The van der Waals surface area contributed by atoms with E-state index >= 15 is 0 Å². The van der Waals surface area contributed by atoms with Crippen LogP contribution in [0.15, 0.2) is 6.07 Å². The first-order valence-corrected chi connectivity index (χ1v) is 4.99. The summed E-state index contributed by atoms with van der Waals surface area (Å²) >= 11 is 12.4. The van der Waals surface area contributed by atoms with Gasteiger partial charge in [-0.3, -0.25) is 0 Å². The second-order valence-electron chi connectivity index (χ2n) is 0.810. The van der Waals surface area contributed by atoms with E-state index in [2.05, 4.69) is 61.1 Å². The summed E-state index contributed by atoms with van der Waals surface area (Å²) in [5, 5.41) is 0. The number of hydrogen-bond acceptors (Lipinski definition) is 0. The molecule has 0 saturated heterocycles. The van der Waals surface area contributed by atoms with E-state index in [1.165, 1.54) is 3.58 Å². The maximum atomic E-state index is 4.75. The van der Waals surface area contributed by atoms with Crippen molar-refractivity contribution in [2.75, 3.05) is 5.75 Å². The molecular weight excluding hydrogens is 402 g/mol. The zero-order chi connectivity index (χ0) is 5.86. The fourth-order valence-corrected chi connectivity index (χ4v) is 0.974. The van der Waals surface area contributed by atoms with E-state index in [9.17, 15) is 0 Å². The second kappa shape index (κ2) is 4.87. The number of rotatable bonds is 1. The summed E-state index contributed by atoms with van der Waals surface area (Å²) < 4.78 is 2.33. The van der Waals surface area contributed by atoms with Crippen LogP contribution < -0.4 is 0 Å². The van der Waals surface area contributed by atoms with Crippen LogP contribution in [-0.2, 0) is 0 Å². The van der Waals surface area contributed by atoms with Gasteiger partial charge in [0.05, 0.1) is 2.49 Å². The summed E-state index contributed by atoms with van der Waals surface area (Å²) in [7, 11) is 0.